The number of methoxy groups -OCH3 is 2. The molecule has 0 bridgehead atoms. The number of ether oxygens (including phenoxy) is 6. The van der Waals surface area contributed by atoms with Crippen LogP contribution in [0.1, 0.15) is 50.3 Å². The Hall–Kier alpha value is -4.08. The van der Waals surface area contributed by atoms with E-state index in [2.05, 4.69) is 0 Å². The first-order valence-electron chi connectivity index (χ1n) is 12.1. The van der Waals surface area contributed by atoms with Crippen molar-refractivity contribution in [1.29, 1.82) is 0 Å². The largest absolute Gasteiger partial charge is 0.493 e. The topological polar surface area (TPSA) is 124 Å². The molecule has 10 heteroatoms. The quantitative estimate of drug-likeness (QED) is 0.352. The van der Waals surface area contributed by atoms with Gasteiger partial charge in [0.1, 0.15) is 0 Å². The van der Waals surface area contributed by atoms with Crippen molar-refractivity contribution in [3.63, 3.8) is 0 Å². The Balaban J connectivity index is 2.23. The Morgan fingerprint density at radius 2 is 1.29 bits per heavy atom. The molecule has 0 aliphatic heterocycles. The molecule has 0 fully saturated rings. The maximum absolute atomic E-state index is 11.8. The molecule has 2 aromatic rings. The molecular weight excluding hydrogens is 496 g/mol. The highest BCUT2D eigenvalue weighted by molar-refractivity contribution is 5.72. The van der Waals surface area contributed by atoms with Gasteiger partial charge >= 0.3 is 23.9 Å². The van der Waals surface area contributed by atoms with Gasteiger partial charge in [-0.3, -0.25) is 19.2 Å². The fraction of sp³-hybridized carbons (Fsp3) is 0.429. The van der Waals surface area contributed by atoms with Gasteiger partial charge in [0.15, 0.2) is 23.0 Å². The third-order valence-electron chi connectivity index (χ3n) is 6.31. The Morgan fingerprint density at radius 3 is 1.87 bits per heavy atom. The molecule has 0 saturated carbocycles. The Kier molecular flexibility index (Phi) is 9.33. The number of esters is 4. The molecule has 0 N–H and O–H groups in total. The summed E-state index contributed by atoms with van der Waals surface area (Å²) in [5.41, 5.74) is 2.48. The van der Waals surface area contributed by atoms with Crippen LogP contribution in [-0.4, -0.2) is 51.3 Å². The van der Waals surface area contributed by atoms with Crippen LogP contribution in [0.2, 0.25) is 0 Å². The summed E-state index contributed by atoms with van der Waals surface area (Å²) in [6, 6.07) is 8.71. The lowest BCUT2D eigenvalue weighted by Crippen LogP contribution is -2.37. The minimum atomic E-state index is -0.507. The lowest BCUT2D eigenvalue weighted by Gasteiger charge is -2.40. The second-order valence-corrected chi connectivity index (χ2v) is 9.01. The van der Waals surface area contributed by atoms with Gasteiger partial charge in [0.25, 0.3) is 0 Å². The molecule has 1 aliphatic rings. The highest BCUT2D eigenvalue weighted by atomic mass is 16.6. The predicted molar refractivity (Wildman–Crippen MR) is 134 cm³/mol. The van der Waals surface area contributed by atoms with Crippen molar-refractivity contribution in [2.75, 3.05) is 27.4 Å². The molecule has 38 heavy (non-hydrogen) atoms. The van der Waals surface area contributed by atoms with Crippen LogP contribution in [0.5, 0.6) is 23.0 Å². The van der Waals surface area contributed by atoms with Gasteiger partial charge in [0, 0.05) is 45.4 Å². The number of carbonyl (C=O) groups excluding carboxylic acids is 4. The summed E-state index contributed by atoms with van der Waals surface area (Å²) < 4.78 is 32.5. The molecule has 0 heterocycles. The Labute approximate surface area is 221 Å². The fourth-order valence-corrected chi connectivity index (χ4v) is 4.81. The molecule has 2 aromatic carbocycles. The zero-order valence-electron chi connectivity index (χ0n) is 22.3. The van der Waals surface area contributed by atoms with E-state index in [1.54, 1.807) is 30.3 Å². The molecule has 3 rings (SSSR count). The molecule has 3 unspecified atom stereocenters. The average molecular weight is 529 g/mol. The van der Waals surface area contributed by atoms with E-state index in [4.69, 9.17) is 28.4 Å². The SMILES string of the molecule is COc1cc(C2c3cc(OC(C)=O)c(OC)cc3CC(COC(C)=O)C2COC(C)=O)ccc1OC(C)=O. The number of hydrogen-bond donors (Lipinski definition) is 0. The Morgan fingerprint density at radius 1 is 0.711 bits per heavy atom. The molecule has 1 aliphatic carbocycles. The van der Waals surface area contributed by atoms with Crippen molar-refractivity contribution >= 4 is 23.9 Å². The van der Waals surface area contributed by atoms with Crippen LogP contribution >= 0.6 is 0 Å². The first-order valence-corrected chi connectivity index (χ1v) is 12.1. The average Bonchev–Trinajstić information content (AvgIpc) is 2.85. The summed E-state index contributed by atoms with van der Waals surface area (Å²) in [6.07, 6.45) is 0.490. The first kappa shape index (κ1) is 28.5. The standard InChI is InChI=1S/C28H32O10/c1-15(29)35-13-21-9-20-11-26(34-6)27(38-18(4)32)12-22(20)28(23(21)14-36-16(2)30)19-7-8-24(37-17(3)31)25(10-19)33-5/h7-8,10-12,21,23,28H,9,13-14H2,1-6H3. The van der Waals surface area contributed by atoms with Crippen LogP contribution in [0, 0.1) is 11.8 Å². The summed E-state index contributed by atoms with van der Waals surface area (Å²) >= 11 is 0. The second-order valence-electron chi connectivity index (χ2n) is 9.01. The van der Waals surface area contributed by atoms with Gasteiger partial charge in [0.2, 0.25) is 0 Å². The summed E-state index contributed by atoms with van der Waals surface area (Å²) in [4.78, 5) is 46.9. The van der Waals surface area contributed by atoms with Crippen LogP contribution in [0.15, 0.2) is 30.3 Å². The maximum Gasteiger partial charge on any atom is 0.308 e. The maximum atomic E-state index is 11.8. The minimum absolute atomic E-state index is 0.0499. The zero-order valence-corrected chi connectivity index (χ0v) is 22.3. The highest BCUT2D eigenvalue weighted by Crippen LogP contribution is 2.48. The van der Waals surface area contributed by atoms with Crippen LogP contribution in [0.3, 0.4) is 0 Å². The van der Waals surface area contributed by atoms with Crippen molar-refractivity contribution in [3.8, 4) is 23.0 Å². The van der Waals surface area contributed by atoms with Crippen LogP contribution < -0.4 is 18.9 Å². The summed E-state index contributed by atoms with van der Waals surface area (Å²) in [5, 5.41) is 0. The van der Waals surface area contributed by atoms with E-state index >= 15 is 0 Å². The van der Waals surface area contributed by atoms with E-state index < -0.39 is 29.8 Å². The number of rotatable bonds is 9. The van der Waals surface area contributed by atoms with E-state index in [-0.39, 0.29) is 36.5 Å². The molecule has 204 valence electrons. The smallest absolute Gasteiger partial charge is 0.308 e. The number of carbonyl (C=O) groups is 4. The molecule has 10 nitrogen and oxygen atoms in total. The molecule has 0 aromatic heterocycles. The third-order valence-corrected chi connectivity index (χ3v) is 6.31. The van der Waals surface area contributed by atoms with Gasteiger partial charge in [-0.05, 0) is 47.4 Å². The van der Waals surface area contributed by atoms with E-state index in [1.165, 1.54) is 41.9 Å². The number of hydrogen-bond acceptors (Lipinski definition) is 10. The summed E-state index contributed by atoms with van der Waals surface area (Å²) in [5.74, 6) is -1.61. The molecule has 0 radical (unpaired) electrons. The monoisotopic (exact) mass is 528 g/mol. The highest BCUT2D eigenvalue weighted by Gasteiger charge is 2.40. The van der Waals surface area contributed by atoms with Gasteiger partial charge in [-0.15, -0.1) is 0 Å². The van der Waals surface area contributed by atoms with Crippen LogP contribution in [0.4, 0.5) is 0 Å². The predicted octanol–water partition coefficient (Wildman–Crippen LogP) is 3.60. The molecule has 0 spiro atoms. The van der Waals surface area contributed by atoms with E-state index in [0.29, 0.717) is 17.9 Å². The summed E-state index contributed by atoms with van der Waals surface area (Å²) in [7, 11) is 2.94. The van der Waals surface area contributed by atoms with Gasteiger partial charge in [0.05, 0.1) is 27.4 Å². The van der Waals surface area contributed by atoms with Crippen molar-refractivity contribution in [1.82, 2.24) is 0 Å². The lowest BCUT2D eigenvalue weighted by molar-refractivity contribution is -0.147. The third kappa shape index (κ3) is 6.81. The van der Waals surface area contributed by atoms with Gasteiger partial charge in [-0.2, -0.15) is 0 Å². The minimum Gasteiger partial charge on any atom is -0.493 e. The first-order chi connectivity index (χ1) is 18.0. The van der Waals surface area contributed by atoms with Crippen molar-refractivity contribution in [3.05, 3.63) is 47.0 Å². The molecule has 0 amide bonds. The Bertz CT molecular complexity index is 1220. The second kappa shape index (κ2) is 12.4. The fourth-order valence-electron chi connectivity index (χ4n) is 4.81. The van der Waals surface area contributed by atoms with Gasteiger partial charge in [-0.25, -0.2) is 0 Å². The number of benzene rings is 2. The van der Waals surface area contributed by atoms with E-state index in [9.17, 15) is 19.2 Å². The normalized spacial score (nSPS) is 18.0. The summed E-state index contributed by atoms with van der Waals surface area (Å²) in [6.45, 7) is 5.41. The molecular formula is C28H32O10. The van der Waals surface area contributed by atoms with Crippen molar-refractivity contribution in [2.24, 2.45) is 11.8 Å². The molecule has 3 atom stereocenters. The van der Waals surface area contributed by atoms with Crippen molar-refractivity contribution in [2.45, 2.75) is 40.0 Å². The number of fused-ring (bicyclic) bond motifs is 1. The zero-order chi connectivity index (χ0) is 28.0. The van der Waals surface area contributed by atoms with Gasteiger partial charge in [-0.1, -0.05) is 6.07 Å². The lowest BCUT2D eigenvalue weighted by atomic mass is 9.66. The molecule has 0 saturated heterocycles. The van der Waals surface area contributed by atoms with E-state index in [1.807, 2.05) is 0 Å². The van der Waals surface area contributed by atoms with E-state index in [0.717, 1.165) is 16.7 Å². The van der Waals surface area contributed by atoms with Crippen LogP contribution in [0.25, 0.3) is 0 Å². The van der Waals surface area contributed by atoms with Crippen LogP contribution in [-0.2, 0) is 35.1 Å². The van der Waals surface area contributed by atoms with Gasteiger partial charge < -0.3 is 28.4 Å². The van der Waals surface area contributed by atoms with Crippen molar-refractivity contribution < 1.29 is 47.6 Å².